The lowest BCUT2D eigenvalue weighted by Crippen LogP contribution is -2.45. The molecule has 0 aliphatic carbocycles. The second kappa shape index (κ2) is 4.33. The normalized spacial score (nSPS) is 15.0. The average Bonchev–Trinajstić information content (AvgIpc) is 2.58. The van der Waals surface area contributed by atoms with E-state index in [4.69, 9.17) is 17.3 Å². The number of hydrogen-bond donors (Lipinski definition) is 1. The van der Waals surface area contributed by atoms with Crippen molar-refractivity contribution in [1.82, 2.24) is 9.78 Å². The van der Waals surface area contributed by atoms with Gasteiger partial charge >= 0.3 is 0 Å². The predicted octanol–water partition coefficient (Wildman–Crippen LogP) is 1.87. The minimum Gasteiger partial charge on any atom is -0.319 e. The number of aromatic nitrogens is 2. The van der Waals surface area contributed by atoms with Gasteiger partial charge in [0.15, 0.2) is 0 Å². The highest BCUT2D eigenvalue weighted by Gasteiger charge is 2.31. The van der Waals surface area contributed by atoms with E-state index in [1.807, 2.05) is 13.8 Å². The van der Waals surface area contributed by atoms with Gasteiger partial charge in [-0.3, -0.25) is 9.48 Å². The van der Waals surface area contributed by atoms with E-state index in [-0.39, 0.29) is 5.78 Å². The second-order valence-electron chi connectivity index (χ2n) is 3.76. The molecule has 1 atom stereocenters. The molecule has 15 heavy (non-hydrogen) atoms. The van der Waals surface area contributed by atoms with E-state index < -0.39 is 5.54 Å². The molecule has 0 saturated heterocycles. The SMILES string of the molecule is CCn1ncc(Cl)c1C(=O)C(C)(N)CC. The van der Waals surface area contributed by atoms with E-state index in [2.05, 4.69) is 5.10 Å². The van der Waals surface area contributed by atoms with Crippen molar-refractivity contribution in [3.05, 3.63) is 16.9 Å². The van der Waals surface area contributed by atoms with Crippen LogP contribution < -0.4 is 5.73 Å². The van der Waals surface area contributed by atoms with Crippen LogP contribution in [0.5, 0.6) is 0 Å². The van der Waals surface area contributed by atoms with E-state index in [1.54, 1.807) is 11.6 Å². The zero-order valence-corrected chi connectivity index (χ0v) is 10.0. The summed E-state index contributed by atoms with van der Waals surface area (Å²) in [5, 5.41) is 4.38. The van der Waals surface area contributed by atoms with Gasteiger partial charge in [-0.1, -0.05) is 18.5 Å². The number of rotatable bonds is 4. The fourth-order valence-electron chi connectivity index (χ4n) is 1.26. The molecule has 0 spiro atoms. The van der Waals surface area contributed by atoms with Crippen molar-refractivity contribution < 1.29 is 4.79 Å². The molecule has 0 saturated carbocycles. The minimum absolute atomic E-state index is 0.158. The Balaban J connectivity index is 3.16. The summed E-state index contributed by atoms with van der Waals surface area (Å²) < 4.78 is 1.57. The van der Waals surface area contributed by atoms with Crippen molar-refractivity contribution in [1.29, 1.82) is 0 Å². The van der Waals surface area contributed by atoms with Gasteiger partial charge < -0.3 is 5.73 Å². The highest BCUT2D eigenvalue weighted by Crippen LogP contribution is 2.21. The van der Waals surface area contributed by atoms with Crippen LogP contribution in [-0.4, -0.2) is 21.1 Å². The number of nitrogens with two attached hydrogens (primary N) is 1. The molecule has 4 nitrogen and oxygen atoms in total. The Labute approximate surface area is 94.4 Å². The number of carbonyl (C=O) groups excluding carboxylic acids is 1. The van der Waals surface area contributed by atoms with E-state index in [1.165, 1.54) is 6.20 Å². The van der Waals surface area contributed by atoms with Gasteiger partial charge in [0.1, 0.15) is 5.69 Å². The molecule has 1 aromatic heterocycles. The highest BCUT2D eigenvalue weighted by molar-refractivity contribution is 6.34. The third-order valence-electron chi connectivity index (χ3n) is 2.56. The minimum atomic E-state index is -0.878. The maximum atomic E-state index is 12.1. The van der Waals surface area contributed by atoms with Crippen LogP contribution in [0, 0.1) is 0 Å². The largest absolute Gasteiger partial charge is 0.319 e. The van der Waals surface area contributed by atoms with Gasteiger partial charge in [-0.25, -0.2) is 0 Å². The summed E-state index contributed by atoms with van der Waals surface area (Å²) in [6.45, 7) is 6.09. The van der Waals surface area contributed by atoms with Crippen molar-refractivity contribution in [2.45, 2.75) is 39.3 Å². The van der Waals surface area contributed by atoms with E-state index in [0.717, 1.165) is 0 Å². The van der Waals surface area contributed by atoms with Crippen LogP contribution in [0.15, 0.2) is 6.20 Å². The average molecular weight is 230 g/mol. The zero-order chi connectivity index (χ0) is 11.6. The Kier molecular flexibility index (Phi) is 3.52. The van der Waals surface area contributed by atoms with Crippen molar-refractivity contribution in [2.75, 3.05) is 0 Å². The molecule has 2 N–H and O–H groups in total. The van der Waals surface area contributed by atoms with Crippen molar-refractivity contribution >= 4 is 17.4 Å². The number of carbonyl (C=O) groups is 1. The number of Topliss-reactive ketones (excluding diaryl/α,β-unsaturated/α-hetero) is 1. The van der Waals surface area contributed by atoms with Gasteiger partial charge in [-0.2, -0.15) is 5.10 Å². The van der Waals surface area contributed by atoms with E-state index >= 15 is 0 Å². The van der Waals surface area contributed by atoms with Crippen LogP contribution >= 0.6 is 11.6 Å². The first kappa shape index (κ1) is 12.2. The lowest BCUT2D eigenvalue weighted by atomic mass is 9.92. The molecular weight excluding hydrogens is 214 g/mol. The van der Waals surface area contributed by atoms with Crippen LogP contribution in [0.2, 0.25) is 5.02 Å². The number of halogens is 1. The van der Waals surface area contributed by atoms with Crippen molar-refractivity contribution in [3.63, 3.8) is 0 Å². The Hall–Kier alpha value is -0.870. The molecule has 84 valence electrons. The molecule has 1 aromatic rings. The standard InChI is InChI=1S/C10H16ClN3O/c1-4-10(3,12)9(15)8-7(11)6-13-14(8)5-2/h6H,4-5,12H2,1-3H3. The Morgan fingerprint density at radius 1 is 1.67 bits per heavy atom. The smallest absolute Gasteiger partial charge is 0.201 e. The first-order valence-corrected chi connectivity index (χ1v) is 5.36. The molecule has 0 radical (unpaired) electrons. The Morgan fingerprint density at radius 2 is 2.27 bits per heavy atom. The number of nitrogens with zero attached hydrogens (tertiary/aromatic N) is 2. The Bertz CT molecular complexity index is 371. The van der Waals surface area contributed by atoms with Gasteiger partial charge in [0.25, 0.3) is 0 Å². The number of aryl methyl sites for hydroxylation is 1. The van der Waals surface area contributed by atoms with Crippen molar-refractivity contribution in [2.24, 2.45) is 5.73 Å². The maximum Gasteiger partial charge on any atom is 0.201 e. The molecule has 1 unspecified atom stereocenters. The maximum absolute atomic E-state index is 12.1. The summed E-state index contributed by atoms with van der Waals surface area (Å²) in [7, 11) is 0. The molecule has 0 aliphatic heterocycles. The first-order valence-electron chi connectivity index (χ1n) is 4.99. The van der Waals surface area contributed by atoms with Gasteiger partial charge in [-0.15, -0.1) is 0 Å². The second-order valence-corrected chi connectivity index (χ2v) is 4.16. The van der Waals surface area contributed by atoms with Gasteiger partial charge in [0.05, 0.1) is 16.8 Å². The molecule has 0 bridgehead atoms. The molecule has 0 fully saturated rings. The van der Waals surface area contributed by atoms with E-state index in [9.17, 15) is 4.79 Å². The summed E-state index contributed by atoms with van der Waals surface area (Å²) in [4.78, 5) is 12.1. The summed E-state index contributed by atoms with van der Waals surface area (Å²) >= 11 is 5.92. The zero-order valence-electron chi connectivity index (χ0n) is 9.25. The molecule has 0 amide bonds. The van der Waals surface area contributed by atoms with Crippen LogP contribution in [0.25, 0.3) is 0 Å². The van der Waals surface area contributed by atoms with Gasteiger partial charge in [-0.05, 0) is 20.3 Å². The molecule has 5 heteroatoms. The van der Waals surface area contributed by atoms with Gasteiger partial charge in [0, 0.05) is 6.54 Å². The molecule has 1 rings (SSSR count). The van der Waals surface area contributed by atoms with Crippen LogP contribution in [0.4, 0.5) is 0 Å². The Morgan fingerprint density at radius 3 is 2.73 bits per heavy atom. The van der Waals surface area contributed by atoms with Crippen LogP contribution in [0.1, 0.15) is 37.7 Å². The fraction of sp³-hybridized carbons (Fsp3) is 0.600. The summed E-state index contributed by atoms with van der Waals surface area (Å²) in [5.41, 5.74) is 5.42. The first-order chi connectivity index (χ1) is 6.94. The van der Waals surface area contributed by atoms with Crippen LogP contribution in [0.3, 0.4) is 0 Å². The summed E-state index contributed by atoms with van der Waals surface area (Å²) in [6, 6.07) is 0. The predicted molar refractivity (Wildman–Crippen MR) is 60.1 cm³/mol. The lowest BCUT2D eigenvalue weighted by Gasteiger charge is -2.21. The number of hydrogen-bond acceptors (Lipinski definition) is 3. The quantitative estimate of drug-likeness (QED) is 0.802. The molecule has 0 aliphatic rings. The highest BCUT2D eigenvalue weighted by atomic mass is 35.5. The van der Waals surface area contributed by atoms with E-state index in [0.29, 0.717) is 23.7 Å². The van der Waals surface area contributed by atoms with Crippen molar-refractivity contribution in [3.8, 4) is 0 Å². The molecular formula is C10H16ClN3O. The molecule has 1 heterocycles. The molecule has 0 aromatic carbocycles. The third kappa shape index (κ3) is 2.21. The fourth-order valence-corrected chi connectivity index (χ4v) is 1.49. The topological polar surface area (TPSA) is 60.9 Å². The summed E-state index contributed by atoms with van der Waals surface area (Å²) in [5.74, 6) is -0.158. The summed E-state index contributed by atoms with van der Waals surface area (Å²) in [6.07, 6.45) is 2.04. The lowest BCUT2D eigenvalue weighted by molar-refractivity contribution is 0.0887. The van der Waals surface area contributed by atoms with Gasteiger partial charge in [0.2, 0.25) is 5.78 Å². The monoisotopic (exact) mass is 229 g/mol. The van der Waals surface area contributed by atoms with Crippen LogP contribution in [-0.2, 0) is 6.54 Å². The number of ketones is 1. The third-order valence-corrected chi connectivity index (χ3v) is 2.84.